The van der Waals surface area contributed by atoms with Crippen LogP contribution in [0.2, 0.25) is 0 Å². The molecule has 0 aromatic heterocycles. The van der Waals surface area contributed by atoms with Crippen molar-refractivity contribution in [2.75, 3.05) is 32.0 Å². The lowest BCUT2D eigenvalue weighted by molar-refractivity contribution is -0.129. The molecule has 0 fully saturated rings. The average molecular weight is 333 g/mol. The van der Waals surface area contributed by atoms with Crippen LogP contribution in [-0.4, -0.2) is 42.7 Å². The van der Waals surface area contributed by atoms with Gasteiger partial charge in [-0.1, -0.05) is 38.1 Å². The molecule has 24 heavy (non-hydrogen) atoms. The van der Waals surface area contributed by atoms with Crippen molar-refractivity contribution < 1.29 is 10.0 Å². The van der Waals surface area contributed by atoms with Crippen LogP contribution >= 0.6 is 0 Å². The highest BCUT2D eigenvalue weighted by Gasteiger charge is 2.12. The Bertz CT molecular complexity index is 529. The Balaban J connectivity index is 0.000000351. The van der Waals surface area contributed by atoms with Gasteiger partial charge in [-0.3, -0.25) is 10.0 Å². The average Bonchev–Trinajstić information content (AvgIpc) is 2.61. The molecule has 0 spiro atoms. The summed E-state index contributed by atoms with van der Waals surface area (Å²) in [5.41, 5.74) is 5.63. The summed E-state index contributed by atoms with van der Waals surface area (Å²) in [5.74, 6) is -0.317. The van der Waals surface area contributed by atoms with Crippen molar-refractivity contribution in [1.82, 2.24) is 10.4 Å². The SMILES string of the molecule is CCCC(=O)NO.CCCNc1ccccc1C1=CCCN(C)C1. The molecular weight excluding hydrogens is 302 g/mol. The van der Waals surface area contributed by atoms with Crippen LogP contribution < -0.4 is 10.8 Å². The van der Waals surface area contributed by atoms with Gasteiger partial charge in [0.2, 0.25) is 5.91 Å². The van der Waals surface area contributed by atoms with Crippen LogP contribution in [0, 0.1) is 0 Å². The van der Waals surface area contributed by atoms with E-state index in [1.54, 1.807) is 0 Å². The van der Waals surface area contributed by atoms with Crippen molar-refractivity contribution in [3.05, 3.63) is 35.9 Å². The molecule has 1 aromatic carbocycles. The number of carbonyl (C=O) groups excluding carboxylic acids is 1. The minimum absolute atomic E-state index is 0.317. The lowest BCUT2D eigenvalue weighted by Crippen LogP contribution is -2.25. The van der Waals surface area contributed by atoms with Gasteiger partial charge in [0.1, 0.15) is 0 Å². The first-order valence-corrected chi connectivity index (χ1v) is 8.76. The molecule has 2 rings (SSSR count). The van der Waals surface area contributed by atoms with Gasteiger partial charge in [-0.2, -0.15) is 0 Å². The standard InChI is InChI=1S/C15H22N2.C4H9NO2/c1-3-10-16-15-9-5-4-8-14(15)13-7-6-11-17(2)12-13;1-2-3-4(6)5-7/h4-5,7-9,16H,3,6,10-12H2,1-2H3;7H,2-3H2,1H3,(H,5,6). The number of hydrogen-bond donors (Lipinski definition) is 3. The van der Waals surface area contributed by atoms with Crippen molar-refractivity contribution in [2.24, 2.45) is 0 Å². The van der Waals surface area contributed by atoms with Gasteiger partial charge in [0, 0.05) is 37.3 Å². The molecule has 0 saturated heterocycles. The van der Waals surface area contributed by atoms with Gasteiger partial charge in [-0.25, -0.2) is 5.48 Å². The largest absolute Gasteiger partial charge is 0.385 e. The predicted molar refractivity (Wildman–Crippen MR) is 100 cm³/mol. The second-order valence-corrected chi connectivity index (χ2v) is 6.01. The Labute approximate surface area is 145 Å². The highest BCUT2D eigenvalue weighted by molar-refractivity contribution is 5.77. The molecule has 0 saturated carbocycles. The first-order valence-electron chi connectivity index (χ1n) is 8.76. The Morgan fingerprint density at radius 3 is 2.58 bits per heavy atom. The van der Waals surface area contributed by atoms with Crippen LogP contribution in [-0.2, 0) is 4.79 Å². The monoisotopic (exact) mass is 333 g/mol. The lowest BCUT2D eigenvalue weighted by atomic mass is 9.99. The summed E-state index contributed by atoms with van der Waals surface area (Å²) in [6.07, 6.45) is 5.87. The number of nitrogens with zero attached hydrogens (tertiary/aromatic N) is 1. The van der Waals surface area contributed by atoms with E-state index in [-0.39, 0.29) is 5.91 Å². The number of carbonyl (C=O) groups is 1. The summed E-state index contributed by atoms with van der Waals surface area (Å²) in [7, 11) is 2.19. The maximum atomic E-state index is 10.1. The van der Waals surface area contributed by atoms with Crippen molar-refractivity contribution >= 4 is 17.2 Å². The summed E-state index contributed by atoms with van der Waals surface area (Å²) in [4.78, 5) is 12.4. The first kappa shape index (κ1) is 20.2. The summed E-state index contributed by atoms with van der Waals surface area (Å²) < 4.78 is 0. The Kier molecular flexibility index (Phi) is 9.80. The number of likely N-dealkylation sites (N-methyl/N-ethyl adjacent to an activating group) is 1. The van der Waals surface area contributed by atoms with Gasteiger partial charge in [0.05, 0.1) is 0 Å². The normalized spacial score (nSPS) is 14.2. The van der Waals surface area contributed by atoms with Crippen LogP contribution in [0.25, 0.3) is 5.57 Å². The van der Waals surface area contributed by atoms with Crippen LogP contribution in [0.15, 0.2) is 30.3 Å². The quantitative estimate of drug-likeness (QED) is 0.550. The van der Waals surface area contributed by atoms with Gasteiger partial charge < -0.3 is 10.2 Å². The van der Waals surface area contributed by atoms with E-state index < -0.39 is 0 Å². The molecule has 134 valence electrons. The molecule has 0 radical (unpaired) electrons. The molecule has 1 aliphatic heterocycles. The second kappa shape index (κ2) is 11.6. The van der Waals surface area contributed by atoms with Gasteiger partial charge >= 0.3 is 0 Å². The van der Waals surface area contributed by atoms with Gasteiger partial charge in [-0.05, 0) is 37.9 Å². The number of nitrogens with one attached hydrogen (secondary N) is 2. The Morgan fingerprint density at radius 1 is 1.25 bits per heavy atom. The molecule has 1 amide bonds. The van der Waals surface area contributed by atoms with E-state index in [9.17, 15) is 4.79 Å². The van der Waals surface area contributed by atoms with E-state index in [2.05, 4.69) is 54.5 Å². The van der Waals surface area contributed by atoms with Crippen LogP contribution in [0.1, 0.15) is 45.1 Å². The molecule has 5 nitrogen and oxygen atoms in total. The molecule has 5 heteroatoms. The van der Waals surface area contributed by atoms with E-state index in [0.29, 0.717) is 6.42 Å². The van der Waals surface area contributed by atoms with Crippen molar-refractivity contribution in [2.45, 2.75) is 39.5 Å². The van der Waals surface area contributed by atoms with E-state index in [4.69, 9.17) is 5.21 Å². The smallest absolute Gasteiger partial charge is 0.243 e. The molecule has 3 N–H and O–H groups in total. The number of hydroxylamine groups is 1. The zero-order valence-electron chi connectivity index (χ0n) is 15.1. The van der Waals surface area contributed by atoms with Crippen LogP contribution in [0.3, 0.4) is 0 Å². The highest BCUT2D eigenvalue weighted by Crippen LogP contribution is 2.26. The fourth-order valence-electron chi connectivity index (χ4n) is 2.55. The maximum absolute atomic E-state index is 10.1. The topological polar surface area (TPSA) is 64.6 Å². The molecule has 1 aliphatic rings. The van der Waals surface area contributed by atoms with Crippen molar-refractivity contribution in [3.63, 3.8) is 0 Å². The molecule has 1 heterocycles. The zero-order valence-corrected chi connectivity index (χ0v) is 15.1. The highest BCUT2D eigenvalue weighted by atomic mass is 16.5. The fraction of sp³-hybridized carbons (Fsp3) is 0.526. The molecule has 0 aliphatic carbocycles. The third kappa shape index (κ3) is 7.15. The minimum atomic E-state index is -0.317. The van der Waals surface area contributed by atoms with Gasteiger partial charge in [-0.15, -0.1) is 0 Å². The molecule has 0 bridgehead atoms. The third-order valence-corrected chi connectivity index (χ3v) is 3.78. The zero-order chi connectivity index (χ0) is 17.8. The third-order valence-electron chi connectivity index (χ3n) is 3.78. The second-order valence-electron chi connectivity index (χ2n) is 6.01. The number of rotatable bonds is 6. The molecule has 0 atom stereocenters. The Morgan fingerprint density at radius 2 is 2.00 bits per heavy atom. The van der Waals surface area contributed by atoms with Gasteiger partial charge in [0.15, 0.2) is 0 Å². The minimum Gasteiger partial charge on any atom is -0.385 e. The van der Waals surface area contributed by atoms with E-state index in [1.165, 1.54) is 28.8 Å². The number of para-hydroxylation sites is 1. The lowest BCUT2D eigenvalue weighted by Gasteiger charge is -2.24. The van der Waals surface area contributed by atoms with Crippen molar-refractivity contribution in [3.8, 4) is 0 Å². The molecular formula is C19H31N3O2. The predicted octanol–water partition coefficient (Wildman–Crippen LogP) is 3.52. The van der Waals surface area contributed by atoms with E-state index in [0.717, 1.165) is 32.4 Å². The number of benzene rings is 1. The summed E-state index contributed by atoms with van der Waals surface area (Å²) in [5, 5.41) is 11.4. The number of amides is 1. The summed E-state index contributed by atoms with van der Waals surface area (Å²) >= 11 is 0. The van der Waals surface area contributed by atoms with Crippen LogP contribution in [0.5, 0.6) is 0 Å². The van der Waals surface area contributed by atoms with Crippen molar-refractivity contribution in [1.29, 1.82) is 0 Å². The Hall–Kier alpha value is -1.85. The summed E-state index contributed by atoms with van der Waals surface area (Å²) in [6.45, 7) is 7.34. The maximum Gasteiger partial charge on any atom is 0.243 e. The van der Waals surface area contributed by atoms with Gasteiger partial charge in [0.25, 0.3) is 0 Å². The number of hydrogen-bond acceptors (Lipinski definition) is 4. The van der Waals surface area contributed by atoms with E-state index in [1.807, 2.05) is 6.92 Å². The molecule has 0 unspecified atom stereocenters. The van der Waals surface area contributed by atoms with Crippen LogP contribution in [0.4, 0.5) is 5.69 Å². The fourth-order valence-corrected chi connectivity index (χ4v) is 2.55. The molecule has 1 aromatic rings. The first-order chi connectivity index (χ1) is 11.6. The van der Waals surface area contributed by atoms with E-state index >= 15 is 0 Å². The summed E-state index contributed by atoms with van der Waals surface area (Å²) in [6, 6.07) is 8.64. The number of anilines is 1.